The van der Waals surface area contributed by atoms with Gasteiger partial charge in [0.1, 0.15) is 6.10 Å². The van der Waals surface area contributed by atoms with Crippen molar-refractivity contribution in [2.45, 2.75) is 44.0 Å². The van der Waals surface area contributed by atoms with Crippen molar-refractivity contribution in [3.8, 4) is 5.88 Å². The van der Waals surface area contributed by atoms with E-state index in [1.807, 2.05) is 7.05 Å². The standard InChI is InChI=1S/C13H17F3N2O/c1-17-10-4-2-3-5-11(10)19-12-7-6-9(8-18-12)13(14,15)16/h6-8,10-11,17H,2-5H2,1H3. The molecule has 6 heteroatoms. The number of halogens is 3. The van der Waals surface area contributed by atoms with E-state index in [1.165, 1.54) is 6.07 Å². The van der Waals surface area contributed by atoms with Crippen LogP contribution in [0.25, 0.3) is 0 Å². The number of aromatic nitrogens is 1. The van der Waals surface area contributed by atoms with E-state index in [0.717, 1.165) is 37.9 Å². The van der Waals surface area contributed by atoms with Crippen molar-refractivity contribution in [3.05, 3.63) is 23.9 Å². The summed E-state index contributed by atoms with van der Waals surface area (Å²) in [6.07, 6.45) is 0.560. The molecule has 2 unspecified atom stereocenters. The van der Waals surface area contributed by atoms with E-state index in [9.17, 15) is 13.2 Å². The van der Waals surface area contributed by atoms with Gasteiger partial charge in [-0.2, -0.15) is 13.2 Å². The van der Waals surface area contributed by atoms with Gasteiger partial charge in [-0.25, -0.2) is 4.98 Å². The molecule has 1 aliphatic rings. The maximum Gasteiger partial charge on any atom is 0.417 e. The topological polar surface area (TPSA) is 34.1 Å². The number of rotatable bonds is 3. The molecule has 2 rings (SSSR count). The average molecular weight is 274 g/mol. The molecule has 1 heterocycles. The van der Waals surface area contributed by atoms with Gasteiger partial charge in [-0.15, -0.1) is 0 Å². The van der Waals surface area contributed by atoms with Crippen molar-refractivity contribution >= 4 is 0 Å². The number of hydrogen-bond donors (Lipinski definition) is 1. The first kappa shape index (κ1) is 14.1. The second kappa shape index (κ2) is 5.77. The van der Waals surface area contributed by atoms with Crippen molar-refractivity contribution in [2.75, 3.05) is 7.05 Å². The van der Waals surface area contributed by atoms with Gasteiger partial charge >= 0.3 is 6.18 Å². The zero-order valence-corrected chi connectivity index (χ0v) is 10.7. The van der Waals surface area contributed by atoms with E-state index in [1.54, 1.807) is 0 Å². The second-order valence-corrected chi connectivity index (χ2v) is 4.72. The Labute approximate surface area is 110 Å². The first-order valence-electron chi connectivity index (χ1n) is 6.38. The van der Waals surface area contributed by atoms with Crippen LogP contribution in [-0.4, -0.2) is 24.2 Å². The van der Waals surface area contributed by atoms with E-state index in [4.69, 9.17) is 4.74 Å². The van der Waals surface area contributed by atoms with Crippen LogP contribution in [0.5, 0.6) is 5.88 Å². The van der Waals surface area contributed by atoms with E-state index in [-0.39, 0.29) is 18.0 Å². The Kier molecular flexibility index (Phi) is 4.29. The van der Waals surface area contributed by atoms with Crippen LogP contribution in [0.4, 0.5) is 13.2 Å². The fourth-order valence-electron chi connectivity index (χ4n) is 2.34. The molecule has 0 aliphatic heterocycles. The zero-order chi connectivity index (χ0) is 13.9. The Balaban J connectivity index is 2.02. The maximum atomic E-state index is 12.4. The third-order valence-electron chi connectivity index (χ3n) is 3.41. The normalized spacial score (nSPS) is 24.2. The van der Waals surface area contributed by atoms with E-state index in [2.05, 4.69) is 10.3 Å². The first-order valence-corrected chi connectivity index (χ1v) is 6.38. The highest BCUT2D eigenvalue weighted by atomic mass is 19.4. The fourth-order valence-corrected chi connectivity index (χ4v) is 2.34. The Morgan fingerprint density at radius 2 is 2.00 bits per heavy atom. The van der Waals surface area contributed by atoms with E-state index < -0.39 is 11.7 Å². The number of likely N-dealkylation sites (N-methyl/N-ethyl adjacent to an activating group) is 1. The summed E-state index contributed by atoms with van der Waals surface area (Å²) in [5.41, 5.74) is -0.756. The van der Waals surface area contributed by atoms with Gasteiger partial charge in [-0.1, -0.05) is 6.42 Å². The molecule has 2 atom stereocenters. The molecule has 0 saturated heterocycles. The highest BCUT2D eigenvalue weighted by Crippen LogP contribution is 2.30. The molecule has 19 heavy (non-hydrogen) atoms. The number of pyridine rings is 1. The van der Waals surface area contributed by atoms with Crippen LogP contribution in [0.1, 0.15) is 31.2 Å². The molecular formula is C13H17F3N2O. The van der Waals surface area contributed by atoms with Crippen molar-refractivity contribution in [3.63, 3.8) is 0 Å². The van der Waals surface area contributed by atoms with Gasteiger partial charge in [0.2, 0.25) is 5.88 Å². The second-order valence-electron chi connectivity index (χ2n) is 4.72. The summed E-state index contributed by atoms with van der Waals surface area (Å²) in [7, 11) is 1.87. The smallest absolute Gasteiger partial charge is 0.417 e. The molecule has 1 saturated carbocycles. The lowest BCUT2D eigenvalue weighted by molar-refractivity contribution is -0.137. The molecule has 3 nitrogen and oxygen atoms in total. The molecule has 0 amide bonds. The van der Waals surface area contributed by atoms with Gasteiger partial charge in [0.25, 0.3) is 0 Å². The average Bonchev–Trinajstić information content (AvgIpc) is 2.39. The molecule has 1 fully saturated rings. The minimum absolute atomic E-state index is 0.0250. The number of nitrogens with one attached hydrogen (secondary N) is 1. The van der Waals surface area contributed by atoms with Gasteiger partial charge in [0, 0.05) is 18.3 Å². The molecule has 1 N–H and O–H groups in total. The maximum absolute atomic E-state index is 12.4. The number of nitrogens with zero attached hydrogens (tertiary/aromatic N) is 1. The van der Waals surface area contributed by atoms with Crippen LogP contribution in [0.15, 0.2) is 18.3 Å². The van der Waals surface area contributed by atoms with Crippen LogP contribution < -0.4 is 10.1 Å². The predicted octanol–water partition coefficient (Wildman–Crippen LogP) is 3.01. The monoisotopic (exact) mass is 274 g/mol. The molecule has 1 aliphatic carbocycles. The minimum Gasteiger partial charge on any atom is -0.473 e. The fraction of sp³-hybridized carbons (Fsp3) is 0.615. The number of hydrogen-bond acceptors (Lipinski definition) is 3. The number of ether oxygens (including phenoxy) is 1. The van der Waals surface area contributed by atoms with Gasteiger partial charge in [-0.3, -0.25) is 0 Å². The summed E-state index contributed by atoms with van der Waals surface area (Å²) in [5, 5.41) is 3.18. The van der Waals surface area contributed by atoms with Crippen LogP contribution in [-0.2, 0) is 6.18 Å². The van der Waals surface area contributed by atoms with E-state index in [0.29, 0.717) is 0 Å². The zero-order valence-electron chi connectivity index (χ0n) is 10.7. The Morgan fingerprint density at radius 3 is 2.58 bits per heavy atom. The summed E-state index contributed by atoms with van der Waals surface area (Å²) in [4.78, 5) is 3.74. The molecule has 1 aromatic rings. The van der Waals surface area contributed by atoms with Gasteiger partial charge in [-0.05, 0) is 32.4 Å². The largest absolute Gasteiger partial charge is 0.473 e. The van der Waals surface area contributed by atoms with Crippen molar-refractivity contribution in [1.82, 2.24) is 10.3 Å². The molecule has 1 aromatic heterocycles. The SMILES string of the molecule is CNC1CCCCC1Oc1ccc(C(F)(F)F)cn1. The van der Waals surface area contributed by atoms with Crippen LogP contribution in [0, 0.1) is 0 Å². The Bertz CT molecular complexity index is 405. The molecule has 0 radical (unpaired) electrons. The Hall–Kier alpha value is -1.30. The Morgan fingerprint density at radius 1 is 1.26 bits per heavy atom. The highest BCUT2D eigenvalue weighted by Gasteiger charge is 2.31. The van der Waals surface area contributed by atoms with Crippen LogP contribution >= 0.6 is 0 Å². The van der Waals surface area contributed by atoms with Gasteiger partial charge < -0.3 is 10.1 Å². The quantitative estimate of drug-likeness (QED) is 0.920. The molecule has 0 spiro atoms. The molecule has 106 valence electrons. The summed E-state index contributed by atoms with van der Waals surface area (Å²) >= 11 is 0. The first-order chi connectivity index (χ1) is 9.00. The predicted molar refractivity (Wildman–Crippen MR) is 65.0 cm³/mol. The molecular weight excluding hydrogens is 257 g/mol. The molecule has 0 bridgehead atoms. The third kappa shape index (κ3) is 3.59. The van der Waals surface area contributed by atoms with Crippen molar-refractivity contribution in [2.24, 2.45) is 0 Å². The summed E-state index contributed by atoms with van der Waals surface area (Å²) in [6, 6.07) is 2.52. The summed E-state index contributed by atoms with van der Waals surface area (Å²) < 4.78 is 42.9. The number of alkyl halides is 3. The molecule has 0 aromatic carbocycles. The lowest BCUT2D eigenvalue weighted by atomic mass is 9.92. The lowest BCUT2D eigenvalue weighted by Crippen LogP contribution is -2.43. The van der Waals surface area contributed by atoms with Crippen LogP contribution in [0.2, 0.25) is 0 Å². The third-order valence-corrected chi connectivity index (χ3v) is 3.41. The van der Waals surface area contributed by atoms with Crippen LogP contribution in [0.3, 0.4) is 0 Å². The lowest BCUT2D eigenvalue weighted by Gasteiger charge is -2.31. The van der Waals surface area contributed by atoms with Crippen molar-refractivity contribution < 1.29 is 17.9 Å². The minimum atomic E-state index is -4.36. The summed E-state index contributed by atoms with van der Waals surface area (Å²) in [6.45, 7) is 0. The highest BCUT2D eigenvalue weighted by molar-refractivity contribution is 5.20. The van der Waals surface area contributed by atoms with Crippen molar-refractivity contribution in [1.29, 1.82) is 0 Å². The summed E-state index contributed by atoms with van der Waals surface area (Å²) in [5.74, 6) is 0.250. The van der Waals surface area contributed by atoms with Gasteiger partial charge in [0.05, 0.1) is 5.56 Å². The van der Waals surface area contributed by atoms with E-state index >= 15 is 0 Å². The van der Waals surface area contributed by atoms with Gasteiger partial charge in [0.15, 0.2) is 0 Å².